The average Bonchev–Trinajstić information content (AvgIpc) is 3.09. The summed E-state index contributed by atoms with van der Waals surface area (Å²) in [6.07, 6.45) is 0. The van der Waals surface area contributed by atoms with Crippen molar-refractivity contribution in [2.24, 2.45) is 0 Å². The number of nitrogens with zero attached hydrogens (tertiary/aromatic N) is 2. The van der Waals surface area contributed by atoms with E-state index in [9.17, 15) is 0 Å². The Balaban J connectivity index is 1.83. The Bertz CT molecular complexity index is 731. The molecule has 0 unspecified atom stereocenters. The highest BCUT2D eigenvalue weighted by Gasteiger charge is 2.16. The van der Waals surface area contributed by atoms with E-state index in [1.165, 1.54) is 16.4 Å². The van der Waals surface area contributed by atoms with Gasteiger partial charge in [0.05, 0.1) is 12.1 Å². The molecule has 0 fully saturated rings. The maximum atomic E-state index is 5.98. The molecule has 0 saturated heterocycles. The Kier molecular flexibility index (Phi) is 4.06. The van der Waals surface area contributed by atoms with Crippen molar-refractivity contribution in [3.8, 4) is 10.6 Å². The summed E-state index contributed by atoms with van der Waals surface area (Å²) in [6, 6.07) is 2.11. The first-order valence-corrected chi connectivity index (χ1v) is 9.10. The molecule has 0 saturated carbocycles. The van der Waals surface area contributed by atoms with E-state index in [0.717, 1.165) is 32.3 Å². The molecule has 0 bridgehead atoms. The van der Waals surface area contributed by atoms with Crippen molar-refractivity contribution in [2.45, 2.75) is 13.5 Å². The van der Waals surface area contributed by atoms with Gasteiger partial charge in [0.25, 0.3) is 0 Å². The minimum Gasteiger partial charge on any atom is -0.382 e. The molecule has 0 atom stereocenters. The van der Waals surface area contributed by atoms with Gasteiger partial charge in [-0.1, -0.05) is 0 Å². The van der Waals surface area contributed by atoms with Gasteiger partial charge in [-0.15, -0.1) is 22.7 Å². The molecule has 8 heteroatoms. The van der Waals surface area contributed by atoms with Crippen molar-refractivity contribution >= 4 is 61.0 Å². The van der Waals surface area contributed by atoms with Gasteiger partial charge in [0.1, 0.15) is 15.8 Å². The fraction of sp³-hybridized carbons (Fsp3) is 0.167. The number of nitrogens with two attached hydrogens (primary N) is 1. The maximum absolute atomic E-state index is 5.98. The van der Waals surface area contributed by atoms with E-state index in [0.29, 0.717) is 5.82 Å². The lowest BCUT2D eigenvalue weighted by molar-refractivity contribution is 1.20. The van der Waals surface area contributed by atoms with Crippen LogP contribution in [0.3, 0.4) is 0 Å². The van der Waals surface area contributed by atoms with E-state index in [2.05, 4.69) is 42.1 Å². The molecule has 0 aromatic carbocycles. The maximum Gasteiger partial charge on any atom is 0.149 e. The minimum absolute atomic E-state index is 0.541. The number of hydrogen-bond acceptors (Lipinski definition) is 7. The molecule has 0 aliphatic heterocycles. The summed E-state index contributed by atoms with van der Waals surface area (Å²) in [5.74, 6) is 0.541. The number of aromatic nitrogens is 2. The van der Waals surface area contributed by atoms with Crippen LogP contribution in [0.4, 0.5) is 10.8 Å². The molecule has 0 radical (unpaired) electrons. The van der Waals surface area contributed by atoms with Crippen molar-refractivity contribution < 1.29 is 0 Å². The molecule has 3 aromatic heterocycles. The topological polar surface area (TPSA) is 63.8 Å². The first-order valence-electron chi connectivity index (χ1n) is 5.78. The van der Waals surface area contributed by atoms with Crippen LogP contribution in [0, 0.1) is 6.92 Å². The lowest BCUT2D eigenvalue weighted by atomic mass is 10.3. The van der Waals surface area contributed by atoms with E-state index in [1.807, 2.05) is 12.3 Å². The summed E-state index contributed by atoms with van der Waals surface area (Å²) >= 11 is 8.14. The van der Waals surface area contributed by atoms with E-state index in [1.54, 1.807) is 22.7 Å². The number of halogens is 1. The monoisotopic (exact) mass is 386 g/mol. The summed E-state index contributed by atoms with van der Waals surface area (Å²) < 4.78 is 5.35. The largest absolute Gasteiger partial charge is 0.382 e. The van der Waals surface area contributed by atoms with E-state index >= 15 is 0 Å². The van der Waals surface area contributed by atoms with Crippen LogP contribution in [0.1, 0.15) is 10.6 Å². The Hall–Kier alpha value is -0.960. The molecular formula is C12H11BrN4S3. The number of anilines is 2. The minimum atomic E-state index is 0.541. The number of hydrogen-bond donors (Lipinski definition) is 2. The Morgan fingerprint density at radius 2 is 2.20 bits per heavy atom. The summed E-state index contributed by atoms with van der Waals surface area (Å²) in [7, 11) is 0. The molecule has 104 valence electrons. The van der Waals surface area contributed by atoms with Crippen LogP contribution in [0.25, 0.3) is 10.6 Å². The third-order valence-electron chi connectivity index (χ3n) is 2.60. The number of thiophene rings is 1. The Labute approximate surface area is 137 Å². The third-order valence-corrected chi connectivity index (χ3v) is 6.09. The number of nitrogen functional groups attached to an aromatic ring is 1. The zero-order valence-corrected chi connectivity index (χ0v) is 14.5. The zero-order valence-electron chi connectivity index (χ0n) is 10.5. The lowest BCUT2D eigenvalue weighted by Gasteiger charge is -2.03. The van der Waals surface area contributed by atoms with Gasteiger partial charge in [0.15, 0.2) is 0 Å². The van der Waals surface area contributed by atoms with E-state index in [4.69, 9.17) is 5.73 Å². The smallest absolute Gasteiger partial charge is 0.149 e. The highest BCUT2D eigenvalue weighted by atomic mass is 79.9. The van der Waals surface area contributed by atoms with Crippen LogP contribution >= 0.6 is 50.1 Å². The Morgan fingerprint density at radius 3 is 2.85 bits per heavy atom. The van der Waals surface area contributed by atoms with Crippen molar-refractivity contribution in [3.63, 3.8) is 0 Å². The molecule has 3 heterocycles. The van der Waals surface area contributed by atoms with Crippen molar-refractivity contribution in [3.05, 3.63) is 31.9 Å². The molecule has 3 rings (SSSR count). The molecule has 20 heavy (non-hydrogen) atoms. The third kappa shape index (κ3) is 2.88. The van der Waals surface area contributed by atoms with Crippen molar-refractivity contribution in [1.29, 1.82) is 0 Å². The zero-order chi connectivity index (χ0) is 14.1. The summed E-state index contributed by atoms with van der Waals surface area (Å²) in [4.78, 5) is 5.75. The van der Waals surface area contributed by atoms with Gasteiger partial charge in [0, 0.05) is 25.8 Å². The SMILES string of the molecule is Cc1csc(-c2c(N)nsc2NCc2cc(Br)cs2)n1. The number of rotatable bonds is 4. The van der Waals surface area contributed by atoms with Gasteiger partial charge in [-0.2, -0.15) is 4.37 Å². The van der Waals surface area contributed by atoms with Crippen LogP contribution in [-0.4, -0.2) is 9.36 Å². The predicted molar refractivity (Wildman–Crippen MR) is 91.7 cm³/mol. The average molecular weight is 387 g/mol. The molecule has 4 nitrogen and oxygen atoms in total. The first-order chi connectivity index (χ1) is 9.63. The predicted octanol–water partition coefficient (Wildman–Crippen LogP) is 4.59. The number of aryl methyl sites for hydroxylation is 1. The molecule has 0 amide bonds. The van der Waals surface area contributed by atoms with Gasteiger partial charge < -0.3 is 11.1 Å². The second kappa shape index (κ2) is 5.80. The molecular weight excluding hydrogens is 376 g/mol. The van der Waals surface area contributed by atoms with Crippen molar-refractivity contribution in [2.75, 3.05) is 11.1 Å². The summed E-state index contributed by atoms with van der Waals surface area (Å²) in [6.45, 7) is 2.74. The van der Waals surface area contributed by atoms with Gasteiger partial charge >= 0.3 is 0 Å². The highest BCUT2D eigenvalue weighted by Crippen LogP contribution is 2.38. The van der Waals surface area contributed by atoms with Crippen LogP contribution in [0.15, 0.2) is 21.3 Å². The quantitative estimate of drug-likeness (QED) is 0.687. The van der Waals surface area contributed by atoms with Gasteiger partial charge in [-0.25, -0.2) is 4.98 Å². The normalized spacial score (nSPS) is 10.9. The molecule has 3 N–H and O–H groups in total. The van der Waals surface area contributed by atoms with Crippen LogP contribution in [0.2, 0.25) is 0 Å². The van der Waals surface area contributed by atoms with Crippen molar-refractivity contribution in [1.82, 2.24) is 9.36 Å². The van der Waals surface area contributed by atoms with Gasteiger partial charge in [-0.05, 0) is 40.5 Å². The highest BCUT2D eigenvalue weighted by molar-refractivity contribution is 9.10. The summed E-state index contributed by atoms with van der Waals surface area (Å²) in [5.41, 5.74) is 7.90. The Morgan fingerprint density at radius 1 is 1.35 bits per heavy atom. The van der Waals surface area contributed by atoms with E-state index < -0.39 is 0 Å². The molecule has 3 aromatic rings. The fourth-order valence-electron chi connectivity index (χ4n) is 1.71. The molecule has 0 aliphatic rings. The second-order valence-electron chi connectivity index (χ2n) is 4.15. The first kappa shape index (κ1) is 14.0. The van der Waals surface area contributed by atoms with Crippen LogP contribution in [-0.2, 0) is 6.54 Å². The van der Waals surface area contributed by atoms with Crippen LogP contribution in [0.5, 0.6) is 0 Å². The lowest BCUT2D eigenvalue weighted by Crippen LogP contribution is -1.97. The standard InChI is InChI=1S/C12H11BrN4S3/c1-6-4-19-12(16-6)9-10(14)17-20-11(9)15-3-8-2-7(13)5-18-8/h2,4-5,15H,3H2,1H3,(H2,14,17). The molecule has 0 spiro atoms. The molecule has 0 aliphatic carbocycles. The fourth-order valence-corrected chi connectivity index (χ4v) is 4.73. The summed E-state index contributed by atoms with van der Waals surface area (Å²) in [5, 5.41) is 9.39. The number of nitrogens with one attached hydrogen (secondary N) is 1. The number of thiazole rings is 1. The van der Waals surface area contributed by atoms with Gasteiger partial charge in [-0.3, -0.25) is 0 Å². The second-order valence-corrected chi connectivity index (χ2v) is 7.69. The van der Waals surface area contributed by atoms with Gasteiger partial charge in [0.2, 0.25) is 0 Å². The van der Waals surface area contributed by atoms with E-state index in [-0.39, 0.29) is 0 Å². The van der Waals surface area contributed by atoms with Crippen LogP contribution < -0.4 is 11.1 Å².